The van der Waals surface area contributed by atoms with Crippen LogP contribution in [0.1, 0.15) is 0 Å². The third-order valence-electron chi connectivity index (χ3n) is 4.10. The number of benzene rings is 1. The van der Waals surface area contributed by atoms with Crippen LogP contribution < -0.4 is 19.5 Å². The minimum atomic E-state index is -4.54. The molecule has 0 amide bonds. The molecule has 2 rings (SSSR count). The number of piperazine rings is 1. The minimum absolute atomic E-state index is 0. The van der Waals surface area contributed by atoms with Crippen molar-refractivity contribution in [2.24, 2.45) is 0 Å². The predicted octanol–water partition coefficient (Wildman–Crippen LogP) is 1.24. The Morgan fingerprint density at radius 3 is 2.30 bits per heavy atom. The van der Waals surface area contributed by atoms with Crippen molar-refractivity contribution in [2.45, 2.75) is 17.1 Å². The van der Waals surface area contributed by atoms with Crippen LogP contribution in [-0.2, 0) is 10.0 Å². The number of nitrogens with zero attached hydrogens (tertiary/aromatic N) is 1. The van der Waals surface area contributed by atoms with E-state index in [-0.39, 0.29) is 36.1 Å². The molecule has 12 heteroatoms. The van der Waals surface area contributed by atoms with Gasteiger partial charge in [-0.3, -0.25) is 4.90 Å². The molecule has 2 N–H and O–H groups in total. The number of alkyl halides is 3. The first kappa shape index (κ1) is 23.8. The summed E-state index contributed by atoms with van der Waals surface area (Å²) >= 11 is 0. The maximum absolute atomic E-state index is 13.4. The number of rotatable bonds is 7. The van der Waals surface area contributed by atoms with Gasteiger partial charge in [-0.2, -0.15) is 13.2 Å². The van der Waals surface area contributed by atoms with Gasteiger partial charge in [0.1, 0.15) is 6.04 Å². The maximum Gasteiger partial charge on any atom is 0.405 e. The summed E-state index contributed by atoms with van der Waals surface area (Å²) in [5.74, 6) is 0.491. The van der Waals surface area contributed by atoms with E-state index in [9.17, 15) is 21.6 Å². The lowest BCUT2D eigenvalue weighted by atomic mass is 10.2. The molecule has 1 aromatic rings. The van der Waals surface area contributed by atoms with E-state index in [0.29, 0.717) is 18.8 Å². The van der Waals surface area contributed by atoms with Gasteiger partial charge in [0.2, 0.25) is 10.0 Å². The molecule has 1 aromatic carbocycles. The van der Waals surface area contributed by atoms with Crippen molar-refractivity contribution in [1.29, 1.82) is 0 Å². The zero-order valence-electron chi connectivity index (χ0n) is 14.9. The molecule has 0 bridgehead atoms. The summed E-state index contributed by atoms with van der Waals surface area (Å²) in [7, 11) is -1.41. The number of hydrogen-bond acceptors (Lipinski definition) is 6. The molecule has 1 saturated heterocycles. The van der Waals surface area contributed by atoms with Crippen molar-refractivity contribution < 1.29 is 31.1 Å². The quantitative estimate of drug-likeness (QED) is 0.673. The van der Waals surface area contributed by atoms with Gasteiger partial charge in [-0.1, -0.05) is 0 Å². The third-order valence-corrected chi connectivity index (χ3v) is 5.52. The molecular weight excluding hydrogens is 411 g/mol. The average Bonchev–Trinajstić information content (AvgIpc) is 2.60. The molecule has 0 spiro atoms. The fourth-order valence-electron chi connectivity index (χ4n) is 2.70. The molecule has 27 heavy (non-hydrogen) atoms. The second kappa shape index (κ2) is 9.78. The van der Waals surface area contributed by atoms with Crippen LogP contribution in [0.3, 0.4) is 0 Å². The van der Waals surface area contributed by atoms with Crippen LogP contribution >= 0.6 is 12.4 Å². The Labute approximate surface area is 162 Å². The monoisotopic (exact) mass is 433 g/mol. The topological polar surface area (TPSA) is 79.9 Å². The van der Waals surface area contributed by atoms with Crippen molar-refractivity contribution in [3.63, 3.8) is 0 Å². The third kappa shape index (κ3) is 6.11. The second-order valence-corrected chi connectivity index (χ2v) is 7.48. The predicted molar refractivity (Wildman–Crippen MR) is 96.3 cm³/mol. The van der Waals surface area contributed by atoms with Crippen LogP contribution in [-0.4, -0.2) is 72.5 Å². The zero-order valence-corrected chi connectivity index (χ0v) is 16.5. The lowest BCUT2D eigenvalue weighted by Gasteiger charge is -2.35. The van der Waals surface area contributed by atoms with Crippen molar-refractivity contribution in [3.05, 3.63) is 18.2 Å². The summed E-state index contributed by atoms with van der Waals surface area (Å²) in [6.07, 6.45) is -4.54. The summed E-state index contributed by atoms with van der Waals surface area (Å²) in [5, 5.41) is 2.97. The summed E-state index contributed by atoms with van der Waals surface area (Å²) in [6, 6.07) is 1.94. The first-order valence-corrected chi connectivity index (χ1v) is 9.40. The fourth-order valence-corrected chi connectivity index (χ4v) is 3.75. The van der Waals surface area contributed by atoms with Gasteiger partial charge in [0.25, 0.3) is 0 Å². The number of ether oxygens (including phenoxy) is 2. The van der Waals surface area contributed by atoms with Gasteiger partial charge in [0.15, 0.2) is 11.5 Å². The fraction of sp³-hybridized carbons (Fsp3) is 0.600. The molecule has 1 aliphatic heterocycles. The van der Waals surface area contributed by atoms with Gasteiger partial charge in [-0.15, -0.1) is 12.4 Å². The highest BCUT2D eigenvalue weighted by Crippen LogP contribution is 2.30. The summed E-state index contributed by atoms with van der Waals surface area (Å²) in [4.78, 5) is 1.03. The molecule has 0 aromatic heterocycles. The van der Waals surface area contributed by atoms with E-state index in [4.69, 9.17) is 9.47 Å². The number of sulfonamides is 1. The van der Waals surface area contributed by atoms with Crippen LogP contribution in [0, 0.1) is 0 Å². The van der Waals surface area contributed by atoms with Gasteiger partial charge in [0, 0.05) is 38.8 Å². The molecule has 0 radical (unpaired) electrons. The molecule has 0 saturated carbocycles. The Balaban J connectivity index is 0.00000364. The van der Waals surface area contributed by atoms with Crippen molar-refractivity contribution in [3.8, 4) is 11.5 Å². The number of methoxy groups -OCH3 is 2. The summed E-state index contributed by atoms with van der Waals surface area (Å²) < 4.78 is 77.0. The normalized spacial score (nSPS) is 17.1. The van der Waals surface area contributed by atoms with Crippen molar-refractivity contribution >= 4 is 22.4 Å². The summed E-state index contributed by atoms with van der Waals surface area (Å²) in [6.45, 7) is 0.481. The smallest absolute Gasteiger partial charge is 0.405 e. The Bertz CT molecular complexity index is 713. The van der Waals surface area contributed by atoms with Crippen LogP contribution in [0.15, 0.2) is 23.1 Å². The second-order valence-electron chi connectivity index (χ2n) is 5.71. The van der Waals surface area contributed by atoms with Gasteiger partial charge in [-0.25, -0.2) is 13.1 Å². The lowest BCUT2D eigenvalue weighted by Crippen LogP contribution is -2.57. The zero-order chi connectivity index (χ0) is 19.4. The first-order valence-electron chi connectivity index (χ1n) is 7.92. The molecule has 1 unspecified atom stereocenters. The maximum atomic E-state index is 13.4. The Morgan fingerprint density at radius 2 is 1.78 bits per heavy atom. The molecule has 1 fully saturated rings. The Hall–Kier alpha value is -1.27. The highest BCUT2D eigenvalue weighted by Gasteiger charge is 2.44. The highest BCUT2D eigenvalue weighted by molar-refractivity contribution is 7.89. The van der Waals surface area contributed by atoms with E-state index in [0.717, 1.165) is 0 Å². The van der Waals surface area contributed by atoms with E-state index >= 15 is 0 Å². The van der Waals surface area contributed by atoms with Crippen molar-refractivity contribution in [1.82, 2.24) is 14.9 Å². The Kier molecular flexibility index (Phi) is 8.61. The molecule has 0 aliphatic carbocycles. The molecule has 1 aliphatic rings. The number of nitrogens with one attached hydrogen (secondary N) is 2. The van der Waals surface area contributed by atoms with E-state index in [1.54, 1.807) is 0 Å². The molecule has 7 nitrogen and oxygen atoms in total. The van der Waals surface area contributed by atoms with E-state index < -0.39 is 28.8 Å². The standard InChI is InChI=1S/C15H22F3N3O4S.ClH/c1-24-12-4-3-11(9-13(12)25-2)26(22,23)20-10-14(15(16,17)18)21-7-5-19-6-8-21;/h3-4,9,14,19-20H,5-8,10H2,1-2H3;1H. The number of halogens is 4. The average molecular weight is 434 g/mol. The summed E-state index contributed by atoms with van der Waals surface area (Å²) in [5.41, 5.74) is 0. The molecule has 1 heterocycles. The number of hydrogen-bond donors (Lipinski definition) is 2. The largest absolute Gasteiger partial charge is 0.493 e. The highest BCUT2D eigenvalue weighted by atomic mass is 35.5. The molecular formula is C15H23ClF3N3O4S. The SMILES string of the molecule is COc1ccc(S(=O)(=O)NCC(N2CCNCC2)C(F)(F)F)cc1OC.Cl. The van der Waals surface area contributed by atoms with Crippen LogP contribution in [0.25, 0.3) is 0 Å². The first-order chi connectivity index (χ1) is 12.2. The van der Waals surface area contributed by atoms with E-state index in [1.165, 1.54) is 37.3 Å². The van der Waals surface area contributed by atoms with Crippen LogP contribution in [0.4, 0.5) is 13.2 Å². The minimum Gasteiger partial charge on any atom is -0.493 e. The van der Waals surface area contributed by atoms with Crippen molar-refractivity contribution in [2.75, 3.05) is 46.9 Å². The van der Waals surface area contributed by atoms with Gasteiger partial charge < -0.3 is 14.8 Å². The van der Waals surface area contributed by atoms with E-state index in [2.05, 4.69) is 10.0 Å². The van der Waals surface area contributed by atoms with Gasteiger partial charge in [0.05, 0.1) is 19.1 Å². The molecule has 1 atom stereocenters. The van der Waals surface area contributed by atoms with Crippen LogP contribution in [0.2, 0.25) is 0 Å². The van der Waals surface area contributed by atoms with E-state index in [1.807, 2.05) is 0 Å². The van der Waals surface area contributed by atoms with Gasteiger partial charge >= 0.3 is 6.18 Å². The Morgan fingerprint density at radius 1 is 1.19 bits per heavy atom. The van der Waals surface area contributed by atoms with Crippen LogP contribution in [0.5, 0.6) is 11.5 Å². The lowest BCUT2D eigenvalue weighted by molar-refractivity contribution is -0.182. The van der Waals surface area contributed by atoms with Gasteiger partial charge in [-0.05, 0) is 12.1 Å². The molecule has 156 valence electrons.